The van der Waals surface area contributed by atoms with Gasteiger partial charge in [-0.1, -0.05) is 18.2 Å². The summed E-state index contributed by atoms with van der Waals surface area (Å²) in [6, 6.07) is 11.7. The number of carbonyl (C=O) groups excluding carboxylic acids is 1. The van der Waals surface area contributed by atoms with Crippen LogP contribution in [-0.2, 0) is 11.2 Å². The van der Waals surface area contributed by atoms with Crippen molar-refractivity contribution in [3.05, 3.63) is 53.8 Å². The average molecular weight is 299 g/mol. The number of para-hydroxylation sites is 1. The number of nitrogens with zero attached hydrogens (tertiary/aromatic N) is 1. The highest BCUT2D eigenvalue weighted by atomic mass is 19.1. The van der Waals surface area contributed by atoms with Crippen LogP contribution in [0.2, 0.25) is 0 Å². The van der Waals surface area contributed by atoms with Crippen LogP contribution >= 0.6 is 0 Å². The number of nitrogen functional groups attached to an aromatic ring is 1. The largest absolute Gasteiger partial charge is 0.397 e. The van der Waals surface area contributed by atoms with Crippen LogP contribution in [0.4, 0.5) is 21.5 Å². The van der Waals surface area contributed by atoms with Gasteiger partial charge in [0, 0.05) is 12.2 Å². The zero-order valence-corrected chi connectivity index (χ0v) is 12.3. The molecule has 1 aliphatic rings. The molecule has 1 atom stereocenters. The van der Waals surface area contributed by atoms with Crippen LogP contribution in [0.25, 0.3) is 0 Å². The van der Waals surface area contributed by atoms with Gasteiger partial charge in [-0.2, -0.15) is 0 Å². The molecule has 0 aliphatic carbocycles. The molecular weight excluding hydrogens is 281 g/mol. The highest BCUT2D eigenvalue weighted by Gasteiger charge is 2.27. The van der Waals surface area contributed by atoms with Crippen molar-refractivity contribution in [2.45, 2.75) is 19.4 Å². The minimum Gasteiger partial charge on any atom is -0.397 e. The van der Waals surface area contributed by atoms with Crippen molar-refractivity contribution >= 4 is 23.0 Å². The number of rotatable bonds is 3. The number of anilines is 3. The van der Waals surface area contributed by atoms with Crippen LogP contribution < -0.4 is 16.0 Å². The lowest BCUT2D eigenvalue weighted by Crippen LogP contribution is -2.41. The molecule has 0 bridgehead atoms. The zero-order chi connectivity index (χ0) is 15.7. The molecule has 3 N–H and O–H groups in total. The summed E-state index contributed by atoms with van der Waals surface area (Å²) in [5, 5.41) is 2.77. The molecule has 2 aromatic rings. The summed E-state index contributed by atoms with van der Waals surface area (Å²) in [6.07, 6.45) is 0.937. The Labute approximate surface area is 128 Å². The number of benzene rings is 2. The first kappa shape index (κ1) is 14.4. The molecule has 0 radical (unpaired) electrons. The Kier molecular flexibility index (Phi) is 3.71. The van der Waals surface area contributed by atoms with Crippen molar-refractivity contribution in [2.75, 3.05) is 22.5 Å². The molecular formula is C17H18FN3O. The van der Waals surface area contributed by atoms with E-state index in [1.54, 1.807) is 0 Å². The fourth-order valence-electron chi connectivity index (χ4n) is 2.79. The maximum atomic E-state index is 13.1. The third kappa shape index (κ3) is 2.62. The molecule has 0 fully saturated rings. The number of amides is 1. The second-order valence-electron chi connectivity index (χ2n) is 5.47. The molecule has 0 saturated heterocycles. The number of nitrogens with two attached hydrogens (primary N) is 1. The number of fused-ring (bicyclic) bond motifs is 1. The van der Waals surface area contributed by atoms with Gasteiger partial charge in [-0.15, -0.1) is 0 Å². The molecule has 3 rings (SSSR count). The lowest BCUT2D eigenvalue weighted by Gasteiger charge is -2.26. The van der Waals surface area contributed by atoms with Crippen LogP contribution in [0.1, 0.15) is 12.5 Å². The molecule has 0 spiro atoms. The lowest BCUT2D eigenvalue weighted by atomic mass is 10.1. The minimum atomic E-state index is -0.419. The van der Waals surface area contributed by atoms with Crippen molar-refractivity contribution in [3.63, 3.8) is 0 Å². The topological polar surface area (TPSA) is 58.4 Å². The van der Waals surface area contributed by atoms with E-state index in [0.717, 1.165) is 18.7 Å². The van der Waals surface area contributed by atoms with Gasteiger partial charge in [0.05, 0.1) is 11.4 Å². The van der Waals surface area contributed by atoms with E-state index < -0.39 is 5.82 Å². The van der Waals surface area contributed by atoms with Gasteiger partial charge >= 0.3 is 0 Å². The highest BCUT2D eigenvalue weighted by molar-refractivity contribution is 5.99. The van der Waals surface area contributed by atoms with E-state index in [0.29, 0.717) is 5.69 Å². The van der Waals surface area contributed by atoms with Gasteiger partial charge in [-0.25, -0.2) is 4.39 Å². The minimum absolute atomic E-state index is 0.157. The molecule has 0 aromatic heterocycles. The Bertz CT molecular complexity index is 717. The summed E-state index contributed by atoms with van der Waals surface area (Å²) < 4.78 is 13.1. The van der Waals surface area contributed by atoms with Gasteiger partial charge in [-0.05, 0) is 43.2 Å². The summed E-state index contributed by atoms with van der Waals surface area (Å²) in [5.74, 6) is -0.577. The third-order valence-corrected chi connectivity index (χ3v) is 4.04. The summed E-state index contributed by atoms with van der Waals surface area (Å²) in [6.45, 7) is 2.67. The van der Waals surface area contributed by atoms with Crippen LogP contribution in [-0.4, -0.2) is 18.5 Å². The smallest absolute Gasteiger partial charge is 0.246 e. The number of nitrogens with one attached hydrogen (secondary N) is 1. The van der Waals surface area contributed by atoms with Crippen LogP contribution in [0.3, 0.4) is 0 Å². The SMILES string of the molecule is CC(C(=O)Nc1ccc(F)cc1N)N1CCc2ccccc21. The number of halogens is 1. The van der Waals surface area contributed by atoms with Crippen molar-refractivity contribution in [2.24, 2.45) is 0 Å². The van der Waals surface area contributed by atoms with Crippen molar-refractivity contribution < 1.29 is 9.18 Å². The average Bonchev–Trinajstić information content (AvgIpc) is 2.93. The Morgan fingerprint density at radius 1 is 1.32 bits per heavy atom. The fourth-order valence-corrected chi connectivity index (χ4v) is 2.79. The number of hydrogen-bond acceptors (Lipinski definition) is 3. The normalized spacial score (nSPS) is 14.5. The number of hydrogen-bond donors (Lipinski definition) is 2. The van der Waals surface area contributed by atoms with E-state index in [2.05, 4.69) is 16.3 Å². The number of carbonyl (C=O) groups is 1. The first-order valence-corrected chi connectivity index (χ1v) is 7.26. The summed E-state index contributed by atoms with van der Waals surface area (Å²) in [7, 11) is 0. The van der Waals surface area contributed by atoms with E-state index in [1.807, 2.05) is 25.1 Å². The van der Waals surface area contributed by atoms with Crippen molar-refractivity contribution in [3.8, 4) is 0 Å². The monoisotopic (exact) mass is 299 g/mol. The van der Waals surface area contributed by atoms with E-state index in [1.165, 1.54) is 23.8 Å². The Hall–Kier alpha value is -2.56. The molecule has 4 nitrogen and oxygen atoms in total. The van der Waals surface area contributed by atoms with E-state index in [4.69, 9.17) is 5.73 Å². The summed E-state index contributed by atoms with van der Waals surface area (Å²) in [4.78, 5) is 14.5. The Morgan fingerprint density at radius 3 is 2.86 bits per heavy atom. The second kappa shape index (κ2) is 5.67. The van der Waals surface area contributed by atoms with Gasteiger partial charge in [-0.3, -0.25) is 4.79 Å². The van der Waals surface area contributed by atoms with Gasteiger partial charge in [0.1, 0.15) is 11.9 Å². The standard InChI is InChI=1S/C17H18FN3O/c1-11(21-9-8-12-4-2-3-5-16(12)21)17(22)20-15-7-6-13(18)10-14(15)19/h2-7,10-11H,8-9,19H2,1H3,(H,20,22). The van der Waals surface area contributed by atoms with Gasteiger partial charge in [0.2, 0.25) is 5.91 Å². The first-order chi connectivity index (χ1) is 10.6. The van der Waals surface area contributed by atoms with Crippen LogP contribution in [0, 0.1) is 5.82 Å². The second-order valence-corrected chi connectivity index (χ2v) is 5.47. The molecule has 0 saturated carbocycles. The molecule has 1 aliphatic heterocycles. The summed E-state index contributed by atoms with van der Waals surface area (Å²) in [5.41, 5.74) is 8.74. The predicted octanol–water partition coefficient (Wildman–Crippen LogP) is 2.80. The molecule has 1 amide bonds. The Balaban J connectivity index is 1.76. The Morgan fingerprint density at radius 2 is 2.09 bits per heavy atom. The van der Waals surface area contributed by atoms with Crippen molar-refractivity contribution in [1.29, 1.82) is 0 Å². The van der Waals surface area contributed by atoms with E-state index in [9.17, 15) is 9.18 Å². The van der Waals surface area contributed by atoms with Gasteiger partial charge in [0.25, 0.3) is 0 Å². The molecule has 2 aromatic carbocycles. The maximum absolute atomic E-state index is 13.1. The molecule has 1 unspecified atom stereocenters. The van der Waals surface area contributed by atoms with Gasteiger partial charge in [0.15, 0.2) is 0 Å². The predicted molar refractivity (Wildman–Crippen MR) is 86.4 cm³/mol. The van der Waals surface area contributed by atoms with Crippen LogP contribution in [0.5, 0.6) is 0 Å². The quantitative estimate of drug-likeness (QED) is 0.857. The third-order valence-electron chi connectivity index (χ3n) is 4.04. The van der Waals surface area contributed by atoms with E-state index >= 15 is 0 Å². The molecule has 5 heteroatoms. The lowest BCUT2D eigenvalue weighted by molar-refractivity contribution is -0.117. The zero-order valence-electron chi connectivity index (χ0n) is 12.3. The van der Waals surface area contributed by atoms with Crippen LogP contribution in [0.15, 0.2) is 42.5 Å². The van der Waals surface area contributed by atoms with Gasteiger partial charge < -0.3 is 16.0 Å². The maximum Gasteiger partial charge on any atom is 0.246 e. The highest BCUT2D eigenvalue weighted by Crippen LogP contribution is 2.29. The summed E-state index contributed by atoms with van der Waals surface area (Å²) >= 11 is 0. The van der Waals surface area contributed by atoms with Crippen molar-refractivity contribution in [1.82, 2.24) is 0 Å². The molecule has 22 heavy (non-hydrogen) atoms. The first-order valence-electron chi connectivity index (χ1n) is 7.26. The molecule has 1 heterocycles. The van der Waals surface area contributed by atoms with E-state index in [-0.39, 0.29) is 17.6 Å². The molecule has 114 valence electrons. The fraction of sp³-hybridized carbons (Fsp3) is 0.235.